The summed E-state index contributed by atoms with van der Waals surface area (Å²) in [5.41, 5.74) is 15.8. The summed E-state index contributed by atoms with van der Waals surface area (Å²) in [6.07, 6.45) is 0. The van der Waals surface area contributed by atoms with Crippen molar-refractivity contribution in [3.63, 3.8) is 0 Å². The normalized spacial score (nSPS) is 11.6. The Morgan fingerprint density at radius 1 is 0.275 bits per heavy atom. The second-order valence-electron chi connectivity index (χ2n) is 13.5. The van der Waals surface area contributed by atoms with Crippen LogP contribution < -0.4 is 0 Å². The van der Waals surface area contributed by atoms with Crippen molar-refractivity contribution in [3.8, 4) is 44.8 Å². The topological polar surface area (TPSA) is 9.86 Å². The highest BCUT2D eigenvalue weighted by Crippen LogP contribution is 2.38. The number of rotatable bonds is 5. The van der Waals surface area contributed by atoms with Crippen molar-refractivity contribution in [2.75, 3.05) is 0 Å². The third-order valence-electron chi connectivity index (χ3n) is 10.4. The molecule has 0 aliphatic rings. The molecule has 2 aromatic heterocycles. The third kappa shape index (κ3) is 4.87. The zero-order valence-corrected chi connectivity index (χ0v) is 28.3. The summed E-state index contributed by atoms with van der Waals surface area (Å²) >= 11 is 0. The Kier molecular flexibility index (Phi) is 6.75. The van der Waals surface area contributed by atoms with Crippen LogP contribution in [0.1, 0.15) is 5.56 Å². The lowest BCUT2D eigenvalue weighted by molar-refractivity contribution is 1.18. The van der Waals surface area contributed by atoms with Crippen LogP contribution in [-0.4, -0.2) is 9.13 Å². The quantitative estimate of drug-likeness (QED) is 0.175. The minimum atomic E-state index is 1.16. The molecule has 0 radical (unpaired) electrons. The van der Waals surface area contributed by atoms with E-state index in [1.165, 1.54) is 82.6 Å². The van der Waals surface area contributed by atoms with E-state index in [0.717, 1.165) is 11.4 Å². The van der Waals surface area contributed by atoms with Crippen LogP contribution in [0.25, 0.3) is 88.4 Å². The first-order valence-electron chi connectivity index (χ1n) is 17.6. The molecule has 10 aromatic rings. The Morgan fingerprint density at radius 2 is 0.627 bits per heavy atom. The van der Waals surface area contributed by atoms with E-state index in [4.69, 9.17) is 0 Å². The van der Waals surface area contributed by atoms with E-state index < -0.39 is 0 Å². The van der Waals surface area contributed by atoms with Gasteiger partial charge < -0.3 is 9.13 Å². The molecule has 0 atom stereocenters. The van der Waals surface area contributed by atoms with Crippen molar-refractivity contribution >= 4 is 43.6 Å². The number of aromatic nitrogens is 2. The molecule has 8 aromatic carbocycles. The molecule has 0 spiro atoms. The molecule has 0 bridgehead atoms. The van der Waals surface area contributed by atoms with E-state index in [0.29, 0.717) is 0 Å². The van der Waals surface area contributed by atoms with Gasteiger partial charge in [0.15, 0.2) is 0 Å². The summed E-state index contributed by atoms with van der Waals surface area (Å²) < 4.78 is 4.79. The zero-order valence-electron chi connectivity index (χ0n) is 28.3. The minimum absolute atomic E-state index is 1.16. The van der Waals surface area contributed by atoms with Gasteiger partial charge in [0.05, 0.1) is 22.1 Å². The number of aryl methyl sites for hydroxylation is 1. The molecule has 51 heavy (non-hydrogen) atoms. The molecule has 0 N–H and O–H groups in total. The van der Waals surface area contributed by atoms with Crippen molar-refractivity contribution in [3.05, 3.63) is 194 Å². The van der Waals surface area contributed by atoms with Gasteiger partial charge in [-0.1, -0.05) is 133 Å². The first-order chi connectivity index (χ1) is 25.2. The van der Waals surface area contributed by atoms with Crippen LogP contribution in [0.15, 0.2) is 188 Å². The minimum Gasteiger partial charge on any atom is -0.309 e. The molecule has 0 fully saturated rings. The van der Waals surface area contributed by atoms with Gasteiger partial charge in [-0.05, 0) is 101 Å². The SMILES string of the molecule is Cc1ccc(-c2ccc(-n3c4ccccc4c4cc(-c5ccc6c(c5)c5ccccc5n6-c5ccc(-c6ccccc6)cc5)ccc43)cc2)cc1. The van der Waals surface area contributed by atoms with Gasteiger partial charge in [-0.25, -0.2) is 0 Å². The molecule has 0 aliphatic heterocycles. The number of benzene rings is 8. The fourth-order valence-electron chi connectivity index (χ4n) is 7.84. The first kappa shape index (κ1) is 29.3. The number of hydrogen-bond acceptors (Lipinski definition) is 0. The lowest BCUT2D eigenvalue weighted by Gasteiger charge is -2.11. The first-order valence-corrected chi connectivity index (χ1v) is 17.6. The molecule has 10 rings (SSSR count). The number of hydrogen-bond donors (Lipinski definition) is 0. The molecular weight excluding hydrogens is 617 g/mol. The maximum absolute atomic E-state index is 2.40. The zero-order chi connectivity index (χ0) is 33.9. The van der Waals surface area contributed by atoms with Crippen LogP contribution in [0, 0.1) is 6.92 Å². The van der Waals surface area contributed by atoms with Gasteiger partial charge >= 0.3 is 0 Å². The maximum Gasteiger partial charge on any atom is 0.0541 e. The highest BCUT2D eigenvalue weighted by molar-refractivity contribution is 6.12. The predicted octanol–water partition coefficient (Wildman–Crippen LogP) is 13.2. The maximum atomic E-state index is 2.40. The molecule has 0 aliphatic carbocycles. The average molecular weight is 651 g/mol. The van der Waals surface area contributed by atoms with Crippen molar-refractivity contribution in [1.29, 1.82) is 0 Å². The Bertz CT molecular complexity index is 2870. The van der Waals surface area contributed by atoms with Crippen molar-refractivity contribution < 1.29 is 0 Å². The molecule has 0 amide bonds. The smallest absolute Gasteiger partial charge is 0.0541 e. The Hall–Kier alpha value is -6.64. The van der Waals surface area contributed by atoms with Crippen LogP contribution in [0.2, 0.25) is 0 Å². The summed E-state index contributed by atoms with van der Waals surface area (Å²) in [5, 5.41) is 5.03. The summed E-state index contributed by atoms with van der Waals surface area (Å²) in [6.45, 7) is 2.13. The Morgan fingerprint density at radius 3 is 1.10 bits per heavy atom. The molecule has 2 heteroatoms. The van der Waals surface area contributed by atoms with Gasteiger partial charge in [0.25, 0.3) is 0 Å². The van der Waals surface area contributed by atoms with Gasteiger partial charge in [0.2, 0.25) is 0 Å². The van der Waals surface area contributed by atoms with Gasteiger partial charge in [-0.15, -0.1) is 0 Å². The molecule has 0 saturated heterocycles. The Labute approximate surface area is 297 Å². The van der Waals surface area contributed by atoms with Crippen molar-refractivity contribution in [2.45, 2.75) is 6.92 Å². The van der Waals surface area contributed by atoms with Crippen molar-refractivity contribution in [1.82, 2.24) is 9.13 Å². The molecule has 0 unspecified atom stereocenters. The van der Waals surface area contributed by atoms with E-state index in [1.54, 1.807) is 0 Å². The van der Waals surface area contributed by atoms with Crippen LogP contribution >= 0.6 is 0 Å². The average Bonchev–Trinajstić information content (AvgIpc) is 3.71. The molecule has 0 saturated carbocycles. The third-order valence-corrected chi connectivity index (χ3v) is 10.4. The predicted molar refractivity (Wildman–Crippen MR) is 216 cm³/mol. The molecular formula is C49H34N2. The van der Waals surface area contributed by atoms with E-state index in [9.17, 15) is 0 Å². The van der Waals surface area contributed by atoms with E-state index in [-0.39, 0.29) is 0 Å². The Balaban J connectivity index is 1.07. The molecule has 240 valence electrons. The van der Waals surface area contributed by atoms with E-state index in [1.807, 2.05) is 0 Å². The van der Waals surface area contributed by atoms with E-state index in [2.05, 4.69) is 204 Å². The van der Waals surface area contributed by atoms with Crippen molar-refractivity contribution in [2.24, 2.45) is 0 Å². The molecule has 2 heterocycles. The van der Waals surface area contributed by atoms with Crippen LogP contribution in [0.4, 0.5) is 0 Å². The number of fused-ring (bicyclic) bond motifs is 6. The highest BCUT2D eigenvalue weighted by Gasteiger charge is 2.16. The lowest BCUT2D eigenvalue weighted by Crippen LogP contribution is -1.94. The van der Waals surface area contributed by atoms with Crippen LogP contribution in [0.3, 0.4) is 0 Å². The van der Waals surface area contributed by atoms with Crippen LogP contribution in [-0.2, 0) is 0 Å². The van der Waals surface area contributed by atoms with Gasteiger partial charge in [-0.3, -0.25) is 0 Å². The van der Waals surface area contributed by atoms with E-state index >= 15 is 0 Å². The molecule has 2 nitrogen and oxygen atoms in total. The van der Waals surface area contributed by atoms with Gasteiger partial charge in [0.1, 0.15) is 0 Å². The van der Waals surface area contributed by atoms with Crippen LogP contribution in [0.5, 0.6) is 0 Å². The summed E-state index contributed by atoms with van der Waals surface area (Å²) in [7, 11) is 0. The standard InChI is InChI=1S/C49H34N2/c1-33-15-17-35(18-16-33)37-21-27-41(28-22-37)51-47-14-8-6-12-43(47)45-32-39(24-30-49(45)51)38-23-29-48-44(31-38)42-11-5-7-13-46(42)50(48)40-25-19-36(20-26-40)34-9-3-2-4-10-34/h2-32H,1H3. The number of nitrogens with zero attached hydrogens (tertiary/aromatic N) is 2. The van der Waals surface area contributed by atoms with Gasteiger partial charge in [0, 0.05) is 32.9 Å². The second kappa shape index (κ2) is 11.8. The monoisotopic (exact) mass is 650 g/mol. The second-order valence-corrected chi connectivity index (χ2v) is 13.5. The fourth-order valence-corrected chi connectivity index (χ4v) is 7.84. The summed E-state index contributed by atoms with van der Waals surface area (Å²) in [5.74, 6) is 0. The number of para-hydroxylation sites is 2. The summed E-state index contributed by atoms with van der Waals surface area (Å²) in [6, 6.07) is 68.6. The lowest BCUT2D eigenvalue weighted by atomic mass is 10.0. The summed E-state index contributed by atoms with van der Waals surface area (Å²) in [4.78, 5) is 0. The largest absolute Gasteiger partial charge is 0.309 e. The fraction of sp³-hybridized carbons (Fsp3) is 0.0204. The highest BCUT2D eigenvalue weighted by atomic mass is 15.0. The van der Waals surface area contributed by atoms with Gasteiger partial charge in [-0.2, -0.15) is 0 Å².